The summed E-state index contributed by atoms with van der Waals surface area (Å²) in [5.41, 5.74) is 1.58. The smallest absolute Gasteiger partial charge is 0.255 e. The predicted molar refractivity (Wildman–Crippen MR) is 163 cm³/mol. The van der Waals surface area contributed by atoms with Gasteiger partial charge in [-0.1, -0.05) is 62.7 Å². The molecular formula is C34H48N4O3. The van der Waals surface area contributed by atoms with E-state index in [0.29, 0.717) is 30.5 Å². The number of ether oxygens (including phenoxy) is 1. The van der Waals surface area contributed by atoms with Crippen LogP contribution in [-0.2, 0) is 11.3 Å². The van der Waals surface area contributed by atoms with Crippen molar-refractivity contribution < 1.29 is 14.3 Å². The van der Waals surface area contributed by atoms with Gasteiger partial charge in [-0.2, -0.15) is 0 Å². The van der Waals surface area contributed by atoms with Crippen molar-refractivity contribution in [1.29, 1.82) is 0 Å². The fraction of sp³-hybridized carbons (Fsp3) is 0.588. The highest BCUT2D eigenvalue weighted by Crippen LogP contribution is 2.39. The molecule has 222 valence electrons. The van der Waals surface area contributed by atoms with E-state index in [9.17, 15) is 9.59 Å². The lowest BCUT2D eigenvalue weighted by atomic mass is 9.73. The van der Waals surface area contributed by atoms with Crippen LogP contribution in [0.25, 0.3) is 0 Å². The number of carbonyl (C=O) groups is 2. The number of piperidine rings is 2. The quantitative estimate of drug-likeness (QED) is 0.559. The van der Waals surface area contributed by atoms with E-state index in [-0.39, 0.29) is 29.2 Å². The molecule has 5 rings (SSSR count). The van der Waals surface area contributed by atoms with E-state index >= 15 is 0 Å². The van der Waals surface area contributed by atoms with Gasteiger partial charge in [-0.3, -0.25) is 14.5 Å². The van der Waals surface area contributed by atoms with Crippen LogP contribution in [0.3, 0.4) is 0 Å². The number of hydrogen-bond donors (Lipinski definition) is 2. The molecule has 2 amide bonds. The number of rotatable bonds is 4. The van der Waals surface area contributed by atoms with Crippen molar-refractivity contribution in [1.82, 2.24) is 20.4 Å². The van der Waals surface area contributed by atoms with Gasteiger partial charge in [-0.25, -0.2) is 0 Å². The molecule has 0 bridgehead atoms. The second kappa shape index (κ2) is 13.8. The van der Waals surface area contributed by atoms with Crippen LogP contribution in [0, 0.1) is 11.3 Å². The van der Waals surface area contributed by atoms with Crippen molar-refractivity contribution in [2.45, 2.75) is 77.4 Å². The highest BCUT2D eigenvalue weighted by Gasteiger charge is 2.43. The van der Waals surface area contributed by atoms with E-state index in [0.717, 1.165) is 64.8 Å². The Balaban J connectivity index is 1.21. The van der Waals surface area contributed by atoms with E-state index in [2.05, 4.69) is 64.6 Å². The Kier molecular flexibility index (Phi) is 9.99. The van der Waals surface area contributed by atoms with Crippen molar-refractivity contribution in [3.05, 3.63) is 65.7 Å². The van der Waals surface area contributed by atoms with Crippen LogP contribution < -0.4 is 15.4 Å². The molecule has 2 aromatic carbocycles. The van der Waals surface area contributed by atoms with E-state index in [1.54, 1.807) is 6.07 Å². The lowest BCUT2D eigenvalue weighted by Gasteiger charge is -2.46. The molecular weight excluding hydrogens is 512 g/mol. The van der Waals surface area contributed by atoms with Gasteiger partial charge in [0, 0.05) is 19.1 Å². The second-order valence-corrected chi connectivity index (χ2v) is 12.7. The zero-order chi connectivity index (χ0) is 28.7. The number of carbonyl (C=O) groups excluding carboxylic acids is 2. The maximum Gasteiger partial charge on any atom is 0.255 e. The number of nitrogens with zero attached hydrogens (tertiary/aromatic N) is 2. The summed E-state index contributed by atoms with van der Waals surface area (Å²) in [6.07, 6.45) is 6.82. The predicted octanol–water partition coefficient (Wildman–Crippen LogP) is 4.87. The first-order valence-electron chi connectivity index (χ1n) is 15.7. The first-order valence-corrected chi connectivity index (χ1v) is 15.7. The van der Waals surface area contributed by atoms with Crippen molar-refractivity contribution in [3.8, 4) is 5.75 Å². The Morgan fingerprint density at radius 1 is 0.902 bits per heavy atom. The molecule has 2 N–H and O–H groups in total. The fourth-order valence-corrected chi connectivity index (χ4v) is 6.76. The summed E-state index contributed by atoms with van der Waals surface area (Å²) in [6.45, 7) is 10.4. The molecule has 0 aromatic heterocycles. The van der Waals surface area contributed by atoms with Crippen LogP contribution in [0.2, 0.25) is 0 Å². The van der Waals surface area contributed by atoms with Crippen LogP contribution in [0.15, 0.2) is 54.6 Å². The monoisotopic (exact) mass is 560 g/mol. The number of para-hydroxylation sites is 1. The SMILES string of the molecule is CC(C)[C@H]1COc2ccccc2C(=O)NCCCCC2(CCN(C3CCN(Cc4ccccc4)CC3)CC2)C(=O)N1. The molecule has 7 heteroatoms. The fourth-order valence-electron chi connectivity index (χ4n) is 6.76. The molecule has 3 aliphatic rings. The van der Waals surface area contributed by atoms with Crippen LogP contribution in [-0.4, -0.2) is 73.0 Å². The van der Waals surface area contributed by atoms with Gasteiger partial charge >= 0.3 is 0 Å². The van der Waals surface area contributed by atoms with E-state index in [4.69, 9.17) is 4.74 Å². The zero-order valence-electron chi connectivity index (χ0n) is 24.9. The number of nitrogens with one attached hydrogen (secondary N) is 2. The normalized spacial score (nSPS) is 23.7. The number of benzene rings is 2. The van der Waals surface area contributed by atoms with Gasteiger partial charge < -0.3 is 20.3 Å². The third-order valence-corrected chi connectivity index (χ3v) is 9.60. The Bertz CT molecular complexity index is 1140. The van der Waals surface area contributed by atoms with Crippen molar-refractivity contribution in [3.63, 3.8) is 0 Å². The summed E-state index contributed by atoms with van der Waals surface area (Å²) in [6, 6.07) is 18.6. The summed E-state index contributed by atoms with van der Waals surface area (Å²) in [4.78, 5) is 32.1. The molecule has 41 heavy (non-hydrogen) atoms. The maximum absolute atomic E-state index is 14.0. The Hall–Kier alpha value is -2.90. The number of hydrogen-bond acceptors (Lipinski definition) is 5. The average Bonchev–Trinajstić information content (AvgIpc) is 2.99. The van der Waals surface area contributed by atoms with Gasteiger partial charge in [0.1, 0.15) is 12.4 Å². The minimum Gasteiger partial charge on any atom is -0.491 e. The number of amides is 2. The third kappa shape index (κ3) is 7.49. The van der Waals surface area contributed by atoms with Gasteiger partial charge in [-0.05, 0) is 88.3 Å². The highest BCUT2D eigenvalue weighted by atomic mass is 16.5. The summed E-state index contributed by atoms with van der Waals surface area (Å²) < 4.78 is 6.16. The summed E-state index contributed by atoms with van der Waals surface area (Å²) >= 11 is 0. The van der Waals surface area contributed by atoms with Gasteiger partial charge in [0.2, 0.25) is 5.91 Å². The molecule has 0 radical (unpaired) electrons. The molecule has 7 nitrogen and oxygen atoms in total. The molecule has 3 aliphatic heterocycles. The van der Waals surface area contributed by atoms with E-state index in [1.165, 1.54) is 18.4 Å². The average molecular weight is 561 g/mol. The molecule has 0 saturated carbocycles. The van der Waals surface area contributed by atoms with Gasteiger partial charge in [0.05, 0.1) is 17.0 Å². The van der Waals surface area contributed by atoms with Gasteiger partial charge in [0.15, 0.2) is 0 Å². The van der Waals surface area contributed by atoms with Crippen LogP contribution in [0.4, 0.5) is 0 Å². The van der Waals surface area contributed by atoms with E-state index < -0.39 is 0 Å². The largest absolute Gasteiger partial charge is 0.491 e. The lowest BCUT2D eigenvalue weighted by Crippen LogP contribution is -2.55. The maximum atomic E-state index is 14.0. The van der Waals surface area contributed by atoms with Crippen LogP contribution in [0.5, 0.6) is 5.75 Å². The third-order valence-electron chi connectivity index (χ3n) is 9.60. The Morgan fingerprint density at radius 3 is 2.34 bits per heavy atom. The molecule has 2 fully saturated rings. The summed E-state index contributed by atoms with van der Waals surface area (Å²) in [5, 5.41) is 6.47. The summed E-state index contributed by atoms with van der Waals surface area (Å²) in [7, 11) is 0. The topological polar surface area (TPSA) is 73.9 Å². The molecule has 2 aromatic rings. The van der Waals surface area contributed by atoms with Gasteiger partial charge in [0.25, 0.3) is 5.91 Å². The van der Waals surface area contributed by atoms with Crippen molar-refractivity contribution in [2.24, 2.45) is 11.3 Å². The minimum absolute atomic E-state index is 0.0966. The minimum atomic E-state index is -0.357. The van der Waals surface area contributed by atoms with E-state index in [1.807, 2.05) is 18.2 Å². The Labute approximate surface area is 246 Å². The molecule has 3 heterocycles. The lowest BCUT2D eigenvalue weighted by molar-refractivity contribution is -0.136. The zero-order valence-corrected chi connectivity index (χ0v) is 24.9. The number of likely N-dealkylation sites (tertiary alicyclic amines) is 2. The molecule has 0 aliphatic carbocycles. The first kappa shape index (κ1) is 29.6. The first-order chi connectivity index (χ1) is 19.9. The Morgan fingerprint density at radius 2 is 1.61 bits per heavy atom. The summed E-state index contributed by atoms with van der Waals surface area (Å²) in [5.74, 6) is 0.873. The van der Waals surface area contributed by atoms with Crippen LogP contribution in [0.1, 0.15) is 74.7 Å². The van der Waals surface area contributed by atoms with Crippen molar-refractivity contribution >= 4 is 11.8 Å². The molecule has 0 unspecified atom stereocenters. The van der Waals surface area contributed by atoms with Crippen LogP contribution >= 0.6 is 0 Å². The highest BCUT2D eigenvalue weighted by molar-refractivity contribution is 5.96. The second-order valence-electron chi connectivity index (χ2n) is 12.7. The van der Waals surface area contributed by atoms with Crippen molar-refractivity contribution in [2.75, 3.05) is 39.3 Å². The standard InChI is InChI=1S/C34H48N4O3/c1-26(2)30-25-41-31-13-7-6-12-29(31)32(39)35-19-9-8-16-34(33(40)36-30)17-22-38(23-18-34)28-14-20-37(21-15-28)24-27-10-4-3-5-11-27/h3-7,10-13,26,28,30H,8-9,14-25H2,1-2H3,(H,35,39)(H,36,40)/t30-/m1/s1. The number of fused-ring (bicyclic) bond motifs is 1. The molecule has 1 atom stereocenters. The molecule has 2 saturated heterocycles. The molecule has 1 spiro atoms. The van der Waals surface area contributed by atoms with Gasteiger partial charge in [-0.15, -0.1) is 0 Å².